The molecule has 21 heavy (non-hydrogen) atoms. The van der Waals surface area contributed by atoms with Crippen molar-refractivity contribution in [3.8, 4) is 5.88 Å². The molecule has 1 fully saturated rings. The molecule has 1 aromatic rings. The zero-order chi connectivity index (χ0) is 15.4. The number of hydrogen-bond donors (Lipinski definition) is 0. The topological polar surface area (TPSA) is 59.5 Å². The molecule has 1 amide bonds. The van der Waals surface area contributed by atoms with E-state index in [4.69, 9.17) is 4.74 Å². The Hall–Kier alpha value is -1.43. The van der Waals surface area contributed by atoms with E-state index in [0.717, 1.165) is 5.69 Å². The second kappa shape index (κ2) is 7.02. The SMILES string of the molecule is CCOc1nc(C)ccc1C(=O)N1CCS(=O)CC(C)C1. The summed E-state index contributed by atoms with van der Waals surface area (Å²) in [7, 11) is -0.834. The standard InChI is InChI=1S/C15H22N2O3S/c1-4-20-14-13(6-5-12(3)16-14)15(18)17-7-8-21(19)10-11(2)9-17/h5-6,11H,4,7-10H2,1-3H3. The third-order valence-corrected chi connectivity index (χ3v) is 4.97. The van der Waals surface area contributed by atoms with E-state index in [1.165, 1.54) is 0 Å². The molecular formula is C15H22N2O3S. The van der Waals surface area contributed by atoms with Gasteiger partial charge in [0, 0.05) is 41.1 Å². The van der Waals surface area contributed by atoms with Crippen molar-refractivity contribution in [2.75, 3.05) is 31.2 Å². The van der Waals surface area contributed by atoms with Gasteiger partial charge in [-0.1, -0.05) is 6.92 Å². The monoisotopic (exact) mass is 310 g/mol. The van der Waals surface area contributed by atoms with Gasteiger partial charge in [0.25, 0.3) is 5.91 Å². The minimum Gasteiger partial charge on any atom is -0.477 e. The molecule has 116 valence electrons. The highest BCUT2D eigenvalue weighted by atomic mass is 32.2. The molecule has 1 aliphatic rings. The predicted octanol–water partition coefficient (Wildman–Crippen LogP) is 1.63. The van der Waals surface area contributed by atoms with Crippen molar-refractivity contribution < 1.29 is 13.7 Å². The molecule has 1 aliphatic heterocycles. The first-order valence-corrected chi connectivity index (χ1v) is 8.74. The summed E-state index contributed by atoms with van der Waals surface area (Å²) in [5.74, 6) is 1.75. The van der Waals surface area contributed by atoms with Gasteiger partial charge in [-0.25, -0.2) is 4.98 Å². The summed E-state index contributed by atoms with van der Waals surface area (Å²) in [6, 6.07) is 3.58. The van der Waals surface area contributed by atoms with Crippen LogP contribution in [0.15, 0.2) is 12.1 Å². The van der Waals surface area contributed by atoms with Crippen LogP contribution in [0.2, 0.25) is 0 Å². The van der Waals surface area contributed by atoms with Gasteiger partial charge in [-0.05, 0) is 31.9 Å². The normalized spacial score (nSPS) is 22.7. The number of aromatic nitrogens is 1. The maximum Gasteiger partial charge on any atom is 0.259 e. The number of rotatable bonds is 3. The van der Waals surface area contributed by atoms with Crippen molar-refractivity contribution >= 4 is 16.7 Å². The molecule has 2 rings (SSSR count). The van der Waals surface area contributed by atoms with Crippen LogP contribution >= 0.6 is 0 Å². The highest BCUT2D eigenvalue weighted by Crippen LogP contribution is 2.20. The van der Waals surface area contributed by atoms with Crippen molar-refractivity contribution in [3.05, 3.63) is 23.4 Å². The second-order valence-corrected chi connectivity index (χ2v) is 7.03. The highest BCUT2D eigenvalue weighted by Gasteiger charge is 2.26. The molecule has 1 aromatic heterocycles. The Kier molecular flexibility index (Phi) is 5.33. The lowest BCUT2D eigenvalue weighted by Gasteiger charge is -2.23. The number of carbonyl (C=O) groups excluding carboxylic acids is 1. The van der Waals surface area contributed by atoms with Gasteiger partial charge in [0.1, 0.15) is 5.56 Å². The summed E-state index contributed by atoms with van der Waals surface area (Å²) in [5, 5.41) is 0. The number of nitrogens with zero attached hydrogens (tertiary/aromatic N) is 2. The Morgan fingerprint density at radius 1 is 1.52 bits per heavy atom. The highest BCUT2D eigenvalue weighted by molar-refractivity contribution is 7.85. The maximum absolute atomic E-state index is 12.7. The number of amides is 1. The number of pyridine rings is 1. The quantitative estimate of drug-likeness (QED) is 0.851. The molecule has 1 saturated heterocycles. The molecule has 0 N–H and O–H groups in total. The summed E-state index contributed by atoms with van der Waals surface area (Å²) in [5.41, 5.74) is 1.31. The van der Waals surface area contributed by atoms with Crippen LogP contribution in [0.3, 0.4) is 0 Å². The van der Waals surface area contributed by atoms with Crippen molar-refractivity contribution in [3.63, 3.8) is 0 Å². The van der Waals surface area contributed by atoms with Crippen molar-refractivity contribution in [1.82, 2.24) is 9.88 Å². The van der Waals surface area contributed by atoms with E-state index in [-0.39, 0.29) is 11.8 Å². The zero-order valence-electron chi connectivity index (χ0n) is 12.8. The van der Waals surface area contributed by atoms with Crippen LogP contribution in [-0.4, -0.2) is 51.2 Å². The zero-order valence-corrected chi connectivity index (χ0v) is 13.6. The van der Waals surface area contributed by atoms with Gasteiger partial charge in [0.15, 0.2) is 0 Å². The lowest BCUT2D eigenvalue weighted by atomic mass is 10.1. The Morgan fingerprint density at radius 3 is 3.00 bits per heavy atom. The van der Waals surface area contributed by atoms with Crippen molar-refractivity contribution in [2.45, 2.75) is 20.8 Å². The van der Waals surface area contributed by atoms with Crippen LogP contribution in [0, 0.1) is 12.8 Å². The smallest absolute Gasteiger partial charge is 0.259 e. The van der Waals surface area contributed by atoms with Gasteiger partial charge in [-0.15, -0.1) is 0 Å². The molecule has 5 nitrogen and oxygen atoms in total. The van der Waals surface area contributed by atoms with Gasteiger partial charge < -0.3 is 9.64 Å². The first-order valence-electron chi connectivity index (χ1n) is 7.26. The third kappa shape index (κ3) is 4.03. The van der Waals surface area contributed by atoms with Gasteiger partial charge in [-0.3, -0.25) is 9.00 Å². The first kappa shape index (κ1) is 15.9. The fourth-order valence-corrected chi connectivity index (χ4v) is 3.76. The maximum atomic E-state index is 12.7. The van der Waals surface area contributed by atoms with Crippen LogP contribution in [0.4, 0.5) is 0 Å². The number of hydrogen-bond acceptors (Lipinski definition) is 4. The summed E-state index contributed by atoms with van der Waals surface area (Å²) in [6.07, 6.45) is 0. The fourth-order valence-electron chi connectivity index (χ4n) is 2.43. The first-order chi connectivity index (χ1) is 10.0. The van der Waals surface area contributed by atoms with Crippen LogP contribution in [-0.2, 0) is 10.8 Å². The van der Waals surface area contributed by atoms with E-state index in [1.54, 1.807) is 11.0 Å². The summed E-state index contributed by atoms with van der Waals surface area (Å²) < 4.78 is 17.2. The van der Waals surface area contributed by atoms with E-state index >= 15 is 0 Å². The minimum absolute atomic E-state index is 0.0864. The Balaban J connectivity index is 2.24. The van der Waals surface area contributed by atoms with Crippen LogP contribution in [0.25, 0.3) is 0 Å². The molecule has 0 aliphatic carbocycles. The molecule has 0 spiro atoms. The van der Waals surface area contributed by atoms with Gasteiger partial charge >= 0.3 is 0 Å². The van der Waals surface area contributed by atoms with E-state index < -0.39 is 10.8 Å². The number of aryl methyl sites for hydroxylation is 1. The van der Waals surface area contributed by atoms with Gasteiger partial charge in [0.05, 0.1) is 6.61 Å². The molecule has 0 radical (unpaired) electrons. The molecule has 2 unspecified atom stereocenters. The fraction of sp³-hybridized carbons (Fsp3) is 0.600. The average Bonchev–Trinajstić information content (AvgIpc) is 2.59. The predicted molar refractivity (Wildman–Crippen MR) is 83.1 cm³/mol. The third-order valence-electron chi connectivity index (χ3n) is 3.39. The molecule has 0 bridgehead atoms. The van der Waals surface area contributed by atoms with E-state index in [2.05, 4.69) is 4.98 Å². The summed E-state index contributed by atoms with van der Waals surface area (Å²) in [6.45, 7) is 7.39. The van der Waals surface area contributed by atoms with Gasteiger partial charge in [-0.2, -0.15) is 0 Å². The van der Waals surface area contributed by atoms with Crippen molar-refractivity contribution in [1.29, 1.82) is 0 Å². The van der Waals surface area contributed by atoms with Crippen LogP contribution in [0.1, 0.15) is 29.9 Å². The molecule has 0 saturated carbocycles. The molecule has 6 heteroatoms. The van der Waals surface area contributed by atoms with Crippen molar-refractivity contribution in [2.24, 2.45) is 5.92 Å². The Morgan fingerprint density at radius 2 is 2.29 bits per heavy atom. The number of carbonyl (C=O) groups is 1. The largest absolute Gasteiger partial charge is 0.477 e. The van der Waals surface area contributed by atoms with Gasteiger partial charge in [0.2, 0.25) is 5.88 Å². The lowest BCUT2D eigenvalue weighted by molar-refractivity contribution is 0.0746. The number of ether oxygens (including phenoxy) is 1. The Labute approximate surface area is 128 Å². The molecular weight excluding hydrogens is 288 g/mol. The summed E-state index contributed by atoms with van der Waals surface area (Å²) in [4.78, 5) is 18.8. The van der Waals surface area contributed by atoms with E-state index in [1.807, 2.05) is 26.8 Å². The van der Waals surface area contributed by atoms with Crippen LogP contribution in [0.5, 0.6) is 5.88 Å². The Bertz CT molecular complexity index is 548. The lowest BCUT2D eigenvalue weighted by Crippen LogP contribution is -2.35. The van der Waals surface area contributed by atoms with E-state index in [9.17, 15) is 9.00 Å². The van der Waals surface area contributed by atoms with E-state index in [0.29, 0.717) is 42.6 Å². The molecule has 2 atom stereocenters. The minimum atomic E-state index is -0.834. The molecule has 2 heterocycles. The second-order valence-electron chi connectivity index (χ2n) is 5.41. The average molecular weight is 310 g/mol. The summed E-state index contributed by atoms with van der Waals surface area (Å²) >= 11 is 0. The molecule has 0 aromatic carbocycles. The van der Waals surface area contributed by atoms with Crippen LogP contribution < -0.4 is 4.74 Å².